The third-order valence-corrected chi connectivity index (χ3v) is 8.03. The third kappa shape index (κ3) is 3.92. The van der Waals surface area contributed by atoms with Crippen molar-refractivity contribution in [2.75, 3.05) is 13.1 Å². The van der Waals surface area contributed by atoms with Crippen LogP contribution in [0.15, 0.2) is 60.7 Å². The van der Waals surface area contributed by atoms with Gasteiger partial charge in [-0.3, -0.25) is 9.69 Å². The molecule has 3 aliphatic rings. The lowest BCUT2D eigenvalue weighted by Gasteiger charge is -2.34. The van der Waals surface area contributed by atoms with Crippen molar-refractivity contribution in [3.8, 4) is 0 Å². The van der Waals surface area contributed by atoms with Gasteiger partial charge in [-0.2, -0.15) is 0 Å². The monoisotopic (exact) mass is 418 g/mol. The highest BCUT2D eigenvalue weighted by atomic mass is 16.3. The fourth-order valence-electron chi connectivity index (χ4n) is 6.37. The predicted octanol–water partition coefficient (Wildman–Crippen LogP) is 3.95. The van der Waals surface area contributed by atoms with Crippen molar-refractivity contribution < 1.29 is 9.90 Å². The number of hydrogen-bond acceptors (Lipinski definition) is 3. The molecule has 1 aliphatic heterocycles. The Bertz CT molecular complexity index is 884. The maximum Gasteiger partial charge on any atom is 0.257 e. The number of hydrogen-bond donors (Lipinski definition) is 2. The van der Waals surface area contributed by atoms with E-state index in [1.54, 1.807) is 0 Å². The predicted molar refractivity (Wildman–Crippen MR) is 122 cm³/mol. The van der Waals surface area contributed by atoms with E-state index in [4.69, 9.17) is 0 Å². The molecule has 4 heteroatoms. The molecule has 4 unspecified atom stereocenters. The number of carbonyl (C=O) groups is 1. The molecule has 2 N–H and O–H groups in total. The highest BCUT2D eigenvalue weighted by molar-refractivity contribution is 5.87. The van der Waals surface area contributed by atoms with Crippen LogP contribution in [0.3, 0.4) is 0 Å². The molecule has 1 saturated heterocycles. The van der Waals surface area contributed by atoms with Gasteiger partial charge >= 0.3 is 0 Å². The first-order chi connectivity index (χ1) is 15.1. The summed E-state index contributed by atoms with van der Waals surface area (Å²) in [5.41, 5.74) is 0.679. The van der Waals surface area contributed by atoms with Crippen LogP contribution in [0, 0.1) is 23.7 Å². The number of amides is 1. The van der Waals surface area contributed by atoms with Crippen LogP contribution in [-0.4, -0.2) is 35.0 Å². The van der Waals surface area contributed by atoms with Crippen molar-refractivity contribution >= 4 is 5.91 Å². The summed E-state index contributed by atoms with van der Waals surface area (Å²) in [6.45, 7) is 5.35. The average Bonchev–Trinajstić information content (AvgIpc) is 3.16. The molecule has 0 spiro atoms. The smallest absolute Gasteiger partial charge is 0.257 e. The molecule has 2 aromatic carbocycles. The van der Waals surface area contributed by atoms with Gasteiger partial charge in [0.2, 0.25) is 0 Å². The molecule has 1 amide bonds. The second kappa shape index (κ2) is 8.40. The highest BCUT2D eigenvalue weighted by Crippen LogP contribution is 2.54. The Labute approximate surface area is 185 Å². The van der Waals surface area contributed by atoms with E-state index < -0.39 is 5.60 Å². The molecule has 1 heterocycles. The van der Waals surface area contributed by atoms with Crippen LogP contribution in [0.4, 0.5) is 0 Å². The SMILES string of the molecule is CC(NC(=O)C(O)(c1ccccc1)C1CCCC1)C1C2CN(Cc3ccccc3)CC21. The topological polar surface area (TPSA) is 52.6 Å². The van der Waals surface area contributed by atoms with Crippen molar-refractivity contribution in [3.05, 3.63) is 71.8 Å². The number of piperidine rings is 1. The first kappa shape index (κ1) is 20.7. The number of nitrogens with zero attached hydrogens (tertiary/aromatic N) is 1. The minimum absolute atomic E-state index is 0.00201. The zero-order chi connectivity index (χ0) is 21.4. The molecule has 164 valence electrons. The van der Waals surface area contributed by atoms with Crippen LogP contribution in [0.25, 0.3) is 0 Å². The molecular formula is C27H34N2O2. The van der Waals surface area contributed by atoms with Crippen molar-refractivity contribution in [1.29, 1.82) is 0 Å². The quantitative estimate of drug-likeness (QED) is 0.716. The molecule has 4 nitrogen and oxygen atoms in total. The van der Waals surface area contributed by atoms with Gasteiger partial charge in [-0.1, -0.05) is 73.5 Å². The molecule has 2 saturated carbocycles. The van der Waals surface area contributed by atoms with Gasteiger partial charge in [0.15, 0.2) is 5.60 Å². The first-order valence-electron chi connectivity index (χ1n) is 11.9. The highest BCUT2D eigenvalue weighted by Gasteiger charge is 2.58. The van der Waals surface area contributed by atoms with Crippen LogP contribution in [0.2, 0.25) is 0 Å². The van der Waals surface area contributed by atoms with Crippen LogP contribution in [-0.2, 0) is 16.9 Å². The minimum Gasteiger partial charge on any atom is -0.375 e. The lowest BCUT2D eigenvalue weighted by atomic mass is 9.79. The number of likely N-dealkylation sites (tertiary alicyclic amines) is 1. The van der Waals surface area contributed by atoms with E-state index >= 15 is 0 Å². The Balaban J connectivity index is 1.21. The van der Waals surface area contributed by atoms with Crippen LogP contribution in [0.5, 0.6) is 0 Å². The second-order valence-corrected chi connectivity index (χ2v) is 9.96. The molecule has 0 bridgehead atoms. The molecule has 4 atom stereocenters. The maximum atomic E-state index is 13.4. The molecule has 3 fully saturated rings. The molecule has 5 rings (SSSR count). The van der Waals surface area contributed by atoms with Gasteiger partial charge in [0.1, 0.15) is 0 Å². The molecular weight excluding hydrogens is 384 g/mol. The molecule has 2 aliphatic carbocycles. The van der Waals surface area contributed by atoms with Gasteiger partial charge in [-0.05, 0) is 48.6 Å². The third-order valence-electron chi connectivity index (χ3n) is 8.03. The zero-order valence-corrected chi connectivity index (χ0v) is 18.4. The van der Waals surface area contributed by atoms with Crippen molar-refractivity contribution in [3.63, 3.8) is 0 Å². The largest absolute Gasteiger partial charge is 0.375 e. The Kier molecular flexibility index (Phi) is 5.61. The lowest BCUT2D eigenvalue weighted by molar-refractivity contribution is -0.148. The summed E-state index contributed by atoms with van der Waals surface area (Å²) < 4.78 is 0. The average molecular weight is 419 g/mol. The van der Waals surface area contributed by atoms with E-state index in [1.807, 2.05) is 30.3 Å². The van der Waals surface area contributed by atoms with Crippen molar-refractivity contribution in [2.45, 2.75) is 50.8 Å². The Morgan fingerprint density at radius 1 is 1.03 bits per heavy atom. The van der Waals surface area contributed by atoms with Gasteiger partial charge in [-0.25, -0.2) is 0 Å². The number of aliphatic hydroxyl groups is 1. The van der Waals surface area contributed by atoms with E-state index in [0.29, 0.717) is 17.8 Å². The van der Waals surface area contributed by atoms with E-state index in [2.05, 4.69) is 47.5 Å². The molecule has 0 aromatic heterocycles. The van der Waals surface area contributed by atoms with Gasteiger partial charge < -0.3 is 10.4 Å². The standard InChI is InChI=1S/C27H34N2O2/c1-19(25-23-17-29(18-24(23)25)16-20-10-4-2-5-11-20)28-26(30)27(31,22-14-8-9-15-22)21-12-6-3-7-13-21/h2-7,10-13,19,22-25,31H,8-9,14-18H2,1H3,(H,28,30). The van der Waals surface area contributed by atoms with Gasteiger partial charge in [0, 0.05) is 31.6 Å². The first-order valence-corrected chi connectivity index (χ1v) is 11.9. The van der Waals surface area contributed by atoms with Crippen LogP contribution < -0.4 is 5.32 Å². The van der Waals surface area contributed by atoms with E-state index in [-0.39, 0.29) is 17.9 Å². The maximum absolute atomic E-state index is 13.4. The summed E-state index contributed by atoms with van der Waals surface area (Å²) in [5, 5.41) is 14.9. The Hall–Kier alpha value is -2.17. The summed E-state index contributed by atoms with van der Waals surface area (Å²) in [6, 6.07) is 20.3. The molecule has 0 radical (unpaired) electrons. The van der Waals surface area contributed by atoms with Gasteiger partial charge in [0.05, 0.1) is 0 Å². The summed E-state index contributed by atoms with van der Waals surface area (Å²) in [7, 11) is 0. The van der Waals surface area contributed by atoms with Crippen LogP contribution >= 0.6 is 0 Å². The number of fused-ring (bicyclic) bond motifs is 1. The fourth-order valence-corrected chi connectivity index (χ4v) is 6.37. The van der Waals surface area contributed by atoms with Gasteiger partial charge in [-0.15, -0.1) is 0 Å². The number of benzene rings is 2. The summed E-state index contributed by atoms with van der Waals surface area (Å²) in [4.78, 5) is 16.0. The van der Waals surface area contributed by atoms with Crippen LogP contribution in [0.1, 0.15) is 43.7 Å². The normalized spacial score (nSPS) is 28.6. The Morgan fingerprint density at radius 3 is 2.23 bits per heavy atom. The number of nitrogens with one attached hydrogen (secondary N) is 1. The van der Waals surface area contributed by atoms with Gasteiger partial charge in [0.25, 0.3) is 5.91 Å². The fraction of sp³-hybridized carbons (Fsp3) is 0.519. The summed E-state index contributed by atoms with van der Waals surface area (Å²) in [5.74, 6) is 1.65. The van der Waals surface area contributed by atoms with Crippen molar-refractivity contribution in [2.24, 2.45) is 23.7 Å². The van der Waals surface area contributed by atoms with Crippen molar-refractivity contribution in [1.82, 2.24) is 10.2 Å². The molecule has 31 heavy (non-hydrogen) atoms. The van der Waals surface area contributed by atoms with E-state index in [9.17, 15) is 9.90 Å². The number of carbonyl (C=O) groups excluding carboxylic acids is 1. The minimum atomic E-state index is -1.42. The molecule has 2 aromatic rings. The summed E-state index contributed by atoms with van der Waals surface area (Å²) >= 11 is 0. The lowest BCUT2D eigenvalue weighted by Crippen LogP contribution is -2.52. The second-order valence-electron chi connectivity index (χ2n) is 9.96. The Morgan fingerprint density at radius 2 is 1.61 bits per heavy atom. The number of rotatable bonds is 7. The zero-order valence-electron chi connectivity index (χ0n) is 18.4. The van der Waals surface area contributed by atoms with E-state index in [0.717, 1.165) is 50.9 Å². The van der Waals surface area contributed by atoms with E-state index in [1.165, 1.54) is 5.56 Å². The summed E-state index contributed by atoms with van der Waals surface area (Å²) in [6.07, 6.45) is 4.01.